The molecule has 4 heteroatoms. The number of benzene rings is 1. The van der Waals surface area contributed by atoms with Crippen molar-refractivity contribution in [3.05, 3.63) is 53.9 Å². The molecule has 1 unspecified atom stereocenters. The Bertz CT molecular complexity index is 468. The molecule has 1 atom stereocenters. The number of aromatic nitrogens is 2. The second kappa shape index (κ2) is 6.31. The topological polar surface area (TPSA) is 40.7 Å². The van der Waals surface area contributed by atoms with Crippen molar-refractivity contribution in [2.75, 3.05) is 6.54 Å². The van der Waals surface area contributed by atoms with Crippen molar-refractivity contribution in [1.29, 1.82) is 0 Å². The third-order valence-corrected chi connectivity index (χ3v) is 2.94. The van der Waals surface area contributed by atoms with Crippen molar-refractivity contribution in [3.63, 3.8) is 0 Å². The molecule has 2 rings (SSSR count). The summed E-state index contributed by atoms with van der Waals surface area (Å²) in [4.78, 5) is 7.25. The maximum Gasteiger partial charge on any atom is 0.123 e. The molecule has 0 spiro atoms. The van der Waals surface area contributed by atoms with Crippen LogP contribution >= 0.6 is 0 Å². The zero-order chi connectivity index (χ0) is 12.8. The number of rotatable bonds is 6. The Morgan fingerprint density at radius 1 is 1.44 bits per heavy atom. The fourth-order valence-electron chi connectivity index (χ4n) is 1.90. The average molecular weight is 247 g/mol. The van der Waals surface area contributed by atoms with Gasteiger partial charge in [0.1, 0.15) is 11.6 Å². The highest BCUT2D eigenvalue weighted by atomic mass is 19.1. The fourth-order valence-corrected chi connectivity index (χ4v) is 1.90. The third-order valence-electron chi connectivity index (χ3n) is 2.94. The highest BCUT2D eigenvalue weighted by molar-refractivity contribution is 5.19. The minimum absolute atomic E-state index is 0.164. The van der Waals surface area contributed by atoms with E-state index < -0.39 is 0 Å². The minimum Gasteiger partial charge on any atom is -0.349 e. The molecule has 96 valence electrons. The number of imidazole rings is 1. The van der Waals surface area contributed by atoms with Crippen molar-refractivity contribution in [3.8, 4) is 0 Å². The smallest absolute Gasteiger partial charge is 0.123 e. The van der Waals surface area contributed by atoms with E-state index >= 15 is 0 Å². The zero-order valence-electron chi connectivity index (χ0n) is 10.5. The summed E-state index contributed by atoms with van der Waals surface area (Å²) < 4.78 is 13.1. The van der Waals surface area contributed by atoms with Gasteiger partial charge in [-0.25, -0.2) is 9.37 Å². The maximum atomic E-state index is 13.1. The van der Waals surface area contributed by atoms with E-state index in [1.807, 2.05) is 19.2 Å². The molecule has 2 aromatic rings. The molecular weight excluding hydrogens is 229 g/mol. The van der Waals surface area contributed by atoms with Gasteiger partial charge in [-0.2, -0.15) is 0 Å². The number of hydrogen-bond donors (Lipinski definition) is 2. The lowest BCUT2D eigenvalue weighted by Gasteiger charge is -2.13. The van der Waals surface area contributed by atoms with Crippen molar-refractivity contribution >= 4 is 0 Å². The number of nitrogens with one attached hydrogen (secondary N) is 2. The first kappa shape index (κ1) is 12.8. The number of aromatic amines is 1. The van der Waals surface area contributed by atoms with Crippen LogP contribution in [0.5, 0.6) is 0 Å². The van der Waals surface area contributed by atoms with Crippen LogP contribution in [-0.2, 0) is 6.42 Å². The number of aryl methyl sites for hydroxylation is 1. The van der Waals surface area contributed by atoms with Crippen LogP contribution in [0, 0.1) is 5.82 Å². The number of hydrogen-bond acceptors (Lipinski definition) is 2. The van der Waals surface area contributed by atoms with Crippen LogP contribution in [0.1, 0.15) is 30.8 Å². The fraction of sp³-hybridized carbons (Fsp3) is 0.357. The molecule has 18 heavy (non-hydrogen) atoms. The second-order valence-corrected chi connectivity index (χ2v) is 4.37. The van der Waals surface area contributed by atoms with E-state index in [-0.39, 0.29) is 11.9 Å². The van der Waals surface area contributed by atoms with Crippen molar-refractivity contribution in [1.82, 2.24) is 15.3 Å². The molecule has 0 aliphatic heterocycles. The van der Waals surface area contributed by atoms with Crippen LogP contribution in [0.25, 0.3) is 0 Å². The summed E-state index contributed by atoms with van der Waals surface area (Å²) in [6.07, 6.45) is 5.53. The van der Waals surface area contributed by atoms with Crippen LogP contribution in [0.4, 0.5) is 4.39 Å². The average Bonchev–Trinajstić information content (AvgIpc) is 2.87. The normalized spacial score (nSPS) is 12.6. The molecule has 0 saturated heterocycles. The minimum atomic E-state index is -0.184. The Hall–Kier alpha value is -1.68. The van der Waals surface area contributed by atoms with Gasteiger partial charge in [-0.3, -0.25) is 0 Å². The van der Waals surface area contributed by atoms with Gasteiger partial charge in [-0.15, -0.1) is 0 Å². The van der Waals surface area contributed by atoms with Crippen LogP contribution < -0.4 is 5.32 Å². The van der Waals surface area contributed by atoms with Crippen LogP contribution in [0.2, 0.25) is 0 Å². The molecule has 1 aromatic carbocycles. The Labute approximate surface area is 106 Å². The molecule has 0 saturated carbocycles. The van der Waals surface area contributed by atoms with E-state index in [1.54, 1.807) is 18.3 Å². The molecule has 1 heterocycles. The van der Waals surface area contributed by atoms with Crippen molar-refractivity contribution in [2.45, 2.75) is 25.8 Å². The van der Waals surface area contributed by atoms with Gasteiger partial charge in [0.05, 0.1) is 0 Å². The summed E-state index contributed by atoms with van der Waals surface area (Å²) >= 11 is 0. The van der Waals surface area contributed by atoms with E-state index in [0.717, 1.165) is 30.8 Å². The van der Waals surface area contributed by atoms with Crippen molar-refractivity contribution in [2.24, 2.45) is 0 Å². The van der Waals surface area contributed by atoms with Gasteiger partial charge in [0.2, 0.25) is 0 Å². The summed E-state index contributed by atoms with van der Waals surface area (Å²) in [6.45, 7) is 2.93. The van der Waals surface area contributed by atoms with E-state index in [9.17, 15) is 4.39 Å². The third kappa shape index (κ3) is 3.67. The summed E-state index contributed by atoms with van der Waals surface area (Å²) in [5, 5.41) is 3.38. The van der Waals surface area contributed by atoms with E-state index in [4.69, 9.17) is 0 Å². The Kier molecular flexibility index (Phi) is 4.47. The predicted octanol–water partition coefficient (Wildman–Crippen LogP) is 2.83. The quantitative estimate of drug-likeness (QED) is 0.771. The standard InChI is InChI=1S/C14H18FN3/c1-11(12-4-2-5-13(15)10-12)16-7-3-6-14-17-8-9-18-14/h2,4-5,8-11,16H,3,6-7H2,1H3,(H,17,18). The first-order valence-corrected chi connectivity index (χ1v) is 6.23. The number of nitrogens with zero attached hydrogens (tertiary/aromatic N) is 1. The highest BCUT2D eigenvalue weighted by Gasteiger charge is 2.05. The Morgan fingerprint density at radius 2 is 2.33 bits per heavy atom. The van der Waals surface area contributed by atoms with Gasteiger partial charge in [0.25, 0.3) is 0 Å². The van der Waals surface area contributed by atoms with E-state index in [0.29, 0.717) is 0 Å². The van der Waals surface area contributed by atoms with Gasteiger partial charge in [-0.05, 0) is 37.6 Å². The first-order chi connectivity index (χ1) is 8.75. The second-order valence-electron chi connectivity index (χ2n) is 4.37. The Balaban J connectivity index is 1.73. The predicted molar refractivity (Wildman–Crippen MR) is 69.7 cm³/mol. The van der Waals surface area contributed by atoms with Crippen LogP contribution in [0.3, 0.4) is 0 Å². The molecular formula is C14H18FN3. The molecule has 0 bridgehead atoms. The van der Waals surface area contributed by atoms with Gasteiger partial charge in [-0.1, -0.05) is 12.1 Å². The van der Waals surface area contributed by atoms with Crippen LogP contribution in [0.15, 0.2) is 36.7 Å². The van der Waals surface area contributed by atoms with Gasteiger partial charge in [0, 0.05) is 24.9 Å². The maximum absolute atomic E-state index is 13.1. The first-order valence-electron chi connectivity index (χ1n) is 6.23. The molecule has 0 aliphatic rings. The Morgan fingerprint density at radius 3 is 3.06 bits per heavy atom. The lowest BCUT2D eigenvalue weighted by Crippen LogP contribution is -2.20. The molecule has 1 aromatic heterocycles. The van der Waals surface area contributed by atoms with E-state index in [1.165, 1.54) is 6.07 Å². The highest BCUT2D eigenvalue weighted by Crippen LogP contribution is 2.13. The summed E-state index contributed by atoms with van der Waals surface area (Å²) in [7, 11) is 0. The van der Waals surface area contributed by atoms with Crippen molar-refractivity contribution < 1.29 is 4.39 Å². The number of halogens is 1. The lowest BCUT2D eigenvalue weighted by atomic mass is 10.1. The SMILES string of the molecule is CC(NCCCc1ncc[nH]1)c1cccc(F)c1. The summed E-state index contributed by atoms with van der Waals surface area (Å²) in [6, 6.07) is 6.88. The monoisotopic (exact) mass is 247 g/mol. The molecule has 0 fully saturated rings. The molecule has 0 amide bonds. The molecule has 0 radical (unpaired) electrons. The summed E-state index contributed by atoms with van der Waals surface area (Å²) in [5.41, 5.74) is 0.980. The molecule has 0 aliphatic carbocycles. The van der Waals surface area contributed by atoms with Gasteiger partial charge < -0.3 is 10.3 Å². The molecule has 3 nitrogen and oxygen atoms in total. The van der Waals surface area contributed by atoms with E-state index in [2.05, 4.69) is 15.3 Å². The summed E-state index contributed by atoms with van der Waals surface area (Å²) in [5.74, 6) is 0.826. The lowest BCUT2D eigenvalue weighted by molar-refractivity contribution is 0.549. The molecule has 2 N–H and O–H groups in total. The van der Waals surface area contributed by atoms with Gasteiger partial charge in [0.15, 0.2) is 0 Å². The van der Waals surface area contributed by atoms with Crippen LogP contribution in [-0.4, -0.2) is 16.5 Å². The largest absolute Gasteiger partial charge is 0.349 e. The van der Waals surface area contributed by atoms with Gasteiger partial charge >= 0.3 is 0 Å². The zero-order valence-corrected chi connectivity index (χ0v) is 10.5. The number of H-pyrrole nitrogens is 1.